The number of phenolic OH excluding ortho intramolecular Hbond substituents is 2. The molecule has 0 fully saturated rings. The first-order valence-electron chi connectivity index (χ1n) is 25.8. The maximum atomic E-state index is 13.6. The fourth-order valence-corrected chi connectivity index (χ4v) is 14.8. The fourth-order valence-electron chi connectivity index (χ4n) is 8.58. The van der Waals surface area contributed by atoms with Crippen LogP contribution < -0.4 is 46.3 Å². The molecule has 0 aliphatic rings. The molecule has 1 amide bonds. The van der Waals surface area contributed by atoms with E-state index in [1.165, 1.54) is 0 Å². The Labute approximate surface area is 585 Å². The number of nitrogens with one attached hydrogen (secondary N) is 1. The van der Waals surface area contributed by atoms with Crippen LogP contribution in [0.1, 0.15) is 10.4 Å². The molecule has 0 heterocycles. The molecule has 0 aromatic heterocycles. The molecule has 8 aromatic rings. The van der Waals surface area contributed by atoms with Gasteiger partial charge in [-0.05, 0) is 126 Å². The minimum absolute atomic E-state index is 0. The van der Waals surface area contributed by atoms with Gasteiger partial charge in [0.2, 0.25) is 0 Å². The van der Waals surface area contributed by atoms with Crippen LogP contribution in [0.15, 0.2) is 190 Å². The summed E-state index contributed by atoms with van der Waals surface area (Å²) < 4.78 is 297. The molecule has 51 heteroatoms. The molecule has 14 N–H and O–H groups in total. The van der Waals surface area contributed by atoms with Gasteiger partial charge in [-0.3, -0.25) is 36.7 Å². The van der Waals surface area contributed by atoms with Gasteiger partial charge in [-0.15, -0.1) is 25.6 Å². The molecule has 0 atom stereocenters. The van der Waals surface area contributed by atoms with Gasteiger partial charge in [-0.2, -0.15) is 74.3 Å². The summed E-state index contributed by atoms with van der Waals surface area (Å²) in [5, 5.41) is 52.6. The van der Waals surface area contributed by atoms with Gasteiger partial charge in [-0.25, -0.2) is 25.2 Å². The quantitative estimate of drug-likeness (QED) is 0.0167. The van der Waals surface area contributed by atoms with Crippen molar-refractivity contribution in [2.24, 2.45) is 40.9 Å². The van der Waals surface area contributed by atoms with Crippen molar-refractivity contribution in [2.45, 2.75) is 34.3 Å². The zero-order chi connectivity index (χ0) is 73.6. The smallest absolute Gasteiger partial charge is 0.505 e. The van der Waals surface area contributed by atoms with Gasteiger partial charge in [0.15, 0.2) is 31.2 Å². The van der Waals surface area contributed by atoms with Crippen molar-refractivity contribution in [3.05, 3.63) is 121 Å². The van der Waals surface area contributed by atoms with Crippen LogP contribution >= 0.6 is 0 Å². The second-order valence-corrected chi connectivity index (χ2v) is 32.9. The zero-order valence-corrected chi connectivity index (χ0v) is 58.7. The molecule has 0 aliphatic carbocycles. The Bertz CT molecular complexity index is 5940. The third kappa shape index (κ3) is 18.9. The SMILES string of the molecule is Nc1c(N=Nc2ccc(S(=O)(=O)CCOS(=O)(=O)O)cc2)c(S(=O)(=O)O)cc2cc(S(=O)(=O)O)c(N=Nc3ccc(C(=O)Nc4ccc(S(=O)(=O)O)c(N=Nc5c(S(=O)(=O)O)cc6cc(S(=O)(=O)O)c(N=Nc7ccc(S(=O)(=O)CCOS(=O)(=O)O)cc7)c(N)c6c5O)c4)cc3)c(O)c12.[Na+]. The van der Waals surface area contributed by atoms with Crippen molar-refractivity contribution in [1.29, 1.82) is 0 Å². The van der Waals surface area contributed by atoms with Crippen LogP contribution in [0.5, 0.6) is 11.5 Å². The first kappa shape index (κ1) is 78.9. The van der Waals surface area contributed by atoms with Crippen molar-refractivity contribution < 1.29 is 161 Å². The molecule has 0 saturated carbocycles. The Kier molecular flexibility index (Phi) is 23.1. The second kappa shape index (κ2) is 29.2. The molecule has 8 aromatic carbocycles. The van der Waals surface area contributed by atoms with Crippen molar-refractivity contribution in [2.75, 3.05) is 41.5 Å². The van der Waals surface area contributed by atoms with Crippen LogP contribution in [0.2, 0.25) is 0 Å². The number of benzene rings is 8. The minimum atomic E-state index is -5.59. The number of nitrogens with two attached hydrogens (primary N) is 2. The summed E-state index contributed by atoms with van der Waals surface area (Å²) in [6.45, 7) is -1.94. The van der Waals surface area contributed by atoms with Crippen LogP contribution in [0.25, 0.3) is 21.5 Å². The first-order chi connectivity index (χ1) is 45.5. The summed E-state index contributed by atoms with van der Waals surface area (Å²) in [5.74, 6) is -5.45. The van der Waals surface area contributed by atoms with Crippen LogP contribution in [0, 0.1) is 0 Å². The molecule has 0 spiro atoms. The number of fused-ring (bicyclic) bond motifs is 2. The van der Waals surface area contributed by atoms with E-state index in [4.69, 9.17) is 20.6 Å². The van der Waals surface area contributed by atoms with Gasteiger partial charge in [0.05, 0.1) is 73.7 Å². The van der Waals surface area contributed by atoms with E-state index in [-0.39, 0.29) is 57.9 Å². The Morgan fingerprint density at radius 3 is 1.03 bits per heavy atom. The number of rotatable bonds is 25. The predicted molar refractivity (Wildman–Crippen MR) is 339 cm³/mol. The number of anilines is 3. The maximum absolute atomic E-state index is 13.6. The first-order valence-corrected chi connectivity index (χ1v) is 39.0. The summed E-state index contributed by atoms with van der Waals surface area (Å²) in [6.07, 6.45) is 0. The summed E-state index contributed by atoms with van der Waals surface area (Å²) in [5.41, 5.74) is 4.33. The van der Waals surface area contributed by atoms with Crippen molar-refractivity contribution in [1.82, 2.24) is 0 Å². The van der Waals surface area contributed by atoms with Crippen LogP contribution in [-0.2, 0) is 99.4 Å². The number of phenols is 2. The molecule has 100 heavy (non-hydrogen) atoms. The van der Waals surface area contributed by atoms with Crippen molar-refractivity contribution in [3.8, 4) is 11.5 Å². The number of amides is 1. The number of nitrogen functional groups attached to an aromatic ring is 2. The van der Waals surface area contributed by atoms with Gasteiger partial charge < -0.3 is 27.0 Å². The summed E-state index contributed by atoms with van der Waals surface area (Å²) in [4.78, 5) is 6.71. The molecule has 0 radical (unpaired) electrons. The molecular formula is C49H41N11NaO30S9+. The monoisotopic (exact) mass is 1570 g/mol. The van der Waals surface area contributed by atoms with Crippen LogP contribution in [0.3, 0.4) is 0 Å². The molecule has 0 unspecified atom stereocenters. The number of azo groups is 4. The van der Waals surface area contributed by atoms with E-state index >= 15 is 0 Å². The van der Waals surface area contributed by atoms with Gasteiger partial charge in [0.1, 0.15) is 52.9 Å². The van der Waals surface area contributed by atoms with Gasteiger partial charge >= 0.3 is 50.4 Å². The molecule has 0 saturated heterocycles. The number of carbonyl (C=O) groups is 1. The number of hydrogen-bond acceptors (Lipinski definition) is 33. The normalized spacial score (nSPS) is 13.3. The minimum Gasteiger partial charge on any atom is -0.505 e. The zero-order valence-electron chi connectivity index (χ0n) is 49.3. The number of nitrogens with zero attached hydrogens (tertiary/aromatic N) is 8. The largest absolute Gasteiger partial charge is 1.00 e. The van der Waals surface area contributed by atoms with E-state index in [1.54, 1.807) is 0 Å². The van der Waals surface area contributed by atoms with Crippen molar-refractivity contribution >= 4 is 181 Å². The van der Waals surface area contributed by atoms with E-state index in [2.05, 4.69) is 54.6 Å². The van der Waals surface area contributed by atoms with E-state index in [1.807, 2.05) is 0 Å². The summed E-state index contributed by atoms with van der Waals surface area (Å²) in [7, 11) is -45.6. The van der Waals surface area contributed by atoms with Crippen LogP contribution in [-0.4, -0.2) is 148 Å². The van der Waals surface area contributed by atoms with Crippen molar-refractivity contribution in [3.63, 3.8) is 0 Å². The average molecular weight is 1580 g/mol. The summed E-state index contributed by atoms with van der Waals surface area (Å²) in [6, 6.07) is 16.5. The molecule has 8 rings (SSSR count). The fraction of sp³-hybridized carbons (Fsp3) is 0.0816. The molecule has 526 valence electrons. The summed E-state index contributed by atoms with van der Waals surface area (Å²) >= 11 is 0. The third-order valence-electron chi connectivity index (χ3n) is 13.0. The molecule has 0 bridgehead atoms. The molecular weight excluding hydrogens is 1530 g/mol. The molecule has 0 aliphatic heterocycles. The molecule has 41 nitrogen and oxygen atoms in total. The van der Waals surface area contributed by atoms with E-state index < -0.39 is 229 Å². The second-order valence-electron chi connectivity index (χ2n) is 19.6. The number of hydrogen-bond donors (Lipinski definition) is 12. The van der Waals surface area contributed by atoms with E-state index in [0.29, 0.717) is 30.3 Å². The Morgan fingerprint density at radius 1 is 0.390 bits per heavy atom. The van der Waals surface area contributed by atoms with Gasteiger partial charge in [-0.1, -0.05) is 0 Å². The van der Waals surface area contributed by atoms with E-state index in [9.17, 15) is 114 Å². The predicted octanol–water partition coefficient (Wildman–Crippen LogP) is 3.91. The topological polar surface area (TPSA) is 688 Å². The maximum Gasteiger partial charge on any atom is 1.00 e. The Morgan fingerprint density at radius 2 is 0.700 bits per heavy atom. The number of sulfone groups is 2. The standard InChI is InChI=1S/C49H41N11O30S9.Na/c50-41-39-25(19-35(94(71,72)73)43(41)57-53-28-5-10-31(11-6-28)91(64,65)17-15-89-98(83,84)85)21-37(96(77,78)79)45(47(39)61)59-55-27-3-1-24(2-4-27)49(63)52-30-9-14-34(93(68,69)70)33(23-30)56-60-46-38(97(80,81)82)22-26-20-36(95(74,75)76)44(42(51)40(26)48(46)62)58-54-29-7-12-32(13-8-29)92(66,67)18-16-90-99(86,87)88;/h1-14,19-23,61-62H,15-18,50-51H2,(H,52,63)(H,68,69,70)(H,71,72,73)(H,74,75,76)(H,77,78,79)(H,80,81,82)(H,83,84,85)(H,86,87,88);/q;+1. The third-order valence-corrected chi connectivity index (χ3v) is 21.7. The van der Waals surface area contributed by atoms with Gasteiger partial charge in [0, 0.05) is 11.3 Å². The Balaban J connectivity index is 0.0000140. The number of aromatic hydroxyl groups is 2. The number of carbonyl (C=O) groups excluding carboxylic acids is 1. The van der Waals surface area contributed by atoms with Crippen LogP contribution in [0.4, 0.5) is 62.6 Å². The van der Waals surface area contributed by atoms with E-state index in [0.717, 1.165) is 84.9 Å². The Hall–Kier alpha value is -8.46. The average Bonchev–Trinajstić information content (AvgIpc) is 0.747. The van der Waals surface area contributed by atoms with Gasteiger partial charge in [0.25, 0.3) is 56.5 Å².